The molecule has 1 unspecified atom stereocenters. The standard InChI is InChI=1S/C51H36N2S2/c1-32(33-19-21-36(22-20-33)34-11-3-2-4-12-34)50-49(43-16-8-10-18-46(43)55-50)53-51(52)41-30-44(48-42-15-7-9-17-45(42)54-47(48)31-41)38-26-23-37(24-27-38)40-28-25-35-13-5-6-14-39(35)29-40/h2-32H,1H3,(H2,52,53). The molecule has 0 saturated carbocycles. The molecule has 10 rings (SSSR count). The van der Waals surface area contributed by atoms with Crippen molar-refractivity contribution in [2.45, 2.75) is 12.8 Å². The van der Waals surface area contributed by atoms with Crippen LogP contribution in [0.25, 0.3) is 74.4 Å². The third-order valence-electron chi connectivity index (χ3n) is 10.8. The van der Waals surface area contributed by atoms with Gasteiger partial charge in [0.25, 0.3) is 0 Å². The lowest BCUT2D eigenvalue weighted by Crippen LogP contribution is -2.13. The van der Waals surface area contributed by atoms with E-state index in [4.69, 9.17) is 10.7 Å². The molecule has 10 aromatic rings. The second kappa shape index (κ2) is 13.8. The Kier molecular flexibility index (Phi) is 8.36. The number of rotatable bonds is 7. The molecule has 0 saturated heterocycles. The van der Waals surface area contributed by atoms with Crippen molar-refractivity contribution in [2.75, 3.05) is 0 Å². The molecule has 0 fully saturated rings. The van der Waals surface area contributed by atoms with Gasteiger partial charge in [0.15, 0.2) is 0 Å². The zero-order chi connectivity index (χ0) is 36.9. The lowest BCUT2D eigenvalue weighted by atomic mass is 9.94. The Morgan fingerprint density at radius 2 is 1.07 bits per heavy atom. The molecule has 2 aromatic heterocycles. The lowest BCUT2D eigenvalue weighted by molar-refractivity contribution is 0.948. The van der Waals surface area contributed by atoms with E-state index in [2.05, 4.69) is 189 Å². The van der Waals surface area contributed by atoms with E-state index >= 15 is 0 Å². The first-order valence-electron chi connectivity index (χ1n) is 18.6. The van der Waals surface area contributed by atoms with E-state index in [9.17, 15) is 0 Å². The maximum atomic E-state index is 7.11. The van der Waals surface area contributed by atoms with Gasteiger partial charge in [-0.1, -0.05) is 159 Å². The van der Waals surface area contributed by atoms with Crippen LogP contribution in [0.15, 0.2) is 187 Å². The molecule has 55 heavy (non-hydrogen) atoms. The summed E-state index contributed by atoms with van der Waals surface area (Å²) in [6.07, 6.45) is 0. The maximum absolute atomic E-state index is 7.11. The minimum atomic E-state index is 0.135. The lowest BCUT2D eigenvalue weighted by Gasteiger charge is -2.14. The Morgan fingerprint density at radius 3 is 1.85 bits per heavy atom. The van der Waals surface area contributed by atoms with E-state index in [1.54, 1.807) is 0 Å². The van der Waals surface area contributed by atoms with E-state index in [0.29, 0.717) is 5.84 Å². The van der Waals surface area contributed by atoms with Crippen LogP contribution in [0.1, 0.15) is 28.8 Å². The fraction of sp³-hybridized carbons (Fsp3) is 0.0392. The highest BCUT2D eigenvalue weighted by Crippen LogP contribution is 2.45. The van der Waals surface area contributed by atoms with Gasteiger partial charge in [-0.3, -0.25) is 0 Å². The van der Waals surface area contributed by atoms with Gasteiger partial charge < -0.3 is 5.73 Å². The predicted molar refractivity (Wildman–Crippen MR) is 239 cm³/mol. The van der Waals surface area contributed by atoms with Gasteiger partial charge in [-0.05, 0) is 80.0 Å². The van der Waals surface area contributed by atoms with Crippen molar-refractivity contribution in [3.8, 4) is 33.4 Å². The van der Waals surface area contributed by atoms with Crippen LogP contribution < -0.4 is 5.73 Å². The maximum Gasteiger partial charge on any atom is 0.131 e. The summed E-state index contributed by atoms with van der Waals surface area (Å²) < 4.78 is 3.68. The van der Waals surface area contributed by atoms with Gasteiger partial charge in [0, 0.05) is 46.6 Å². The molecule has 0 spiro atoms. The van der Waals surface area contributed by atoms with Crippen LogP contribution in [0.4, 0.5) is 5.69 Å². The number of thiophene rings is 2. The third kappa shape index (κ3) is 6.10. The Morgan fingerprint density at radius 1 is 0.491 bits per heavy atom. The Labute approximate surface area is 328 Å². The summed E-state index contributed by atoms with van der Waals surface area (Å²) >= 11 is 3.62. The largest absolute Gasteiger partial charge is 0.383 e. The molecule has 0 aliphatic heterocycles. The van der Waals surface area contributed by atoms with Crippen molar-refractivity contribution in [1.82, 2.24) is 0 Å². The topological polar surface area (TPSA) is 38.4 Å². The molecule has 0 amide bonds. The second-order valence-electron chi connectivity index (χ2n) is 14.2. The summed E-state index contributed by atoms with van der Waals surface area (Å²) in [4.78, 5) is 6.52. The summed E-state index contributed by atoms with van der Waals surface area (Å²) in [6, 6.07) is 65.4. The number of nitrogens with zero attached hydrogens (tertiary/aromatic N) is 1. The van der Waals surface area contributed by atoms with Gasteiger partial charge in [-0.2, -0.15) is 0 Å². The minimum Gasteiger partial charge on any atom is -0.383 e. The summed E-state index contributed by atoms with van der Waals surface area (Å²) in [7, 11) is 0. The van der Waals surface area contributed by atoms with Crippen molar-refractivity contribution in [3.63, 3.8) is 0 Å². The van der Waals surface area contributed by atoms with Crippen LogP contribution in [-0.2, 0) is 0 Å². The van der Waals surface area contributed by atoms with Crippen LogP contribution in [0, 0.1) is 0 Å². The summed E-state index contributed by atoms with van der Waals surface area (Å²) in [5.41, 5.74) is 17.4. The first kappa shape index (κ1) is 33.3. The van der Waals surface area contributed by atoms with Gasteiger partial charge in [0.05, 0.1) is 5.69 Å². The van der Waals surface area contributed by atoms with Crippen molar-refractivity contribution in [2.24, 2.45) is 10.7 Å². The molecule has 1 atom stereocenters. The molecule has 8 aromatic carbocycles. The van der Waals surface area contributed by atoms with Crippen LogP contribution in [0.5, 0.6) is 0 Å². The molecule has 2 heterocycles. The molecule has 0 radical (unpaired) electrons. The van der Waals surface area contributed by atoms with Crippen LogP contribution in [0.3, 0.4) is 0 Å². The molecule has 2 N–H and O–H groups in total. The second-order valence-corrected chi connectivity index (χ2v) is 16.3. The first-order chi connectivity index (χ1) is 27.1. The van der Waals surface area contributed by atoms with E-state index in [1.165, 1.54) is 68.3 Å². The SMILES string of the molecule is CC(c1ccc(-c2ccccc2)cc1)c1sc2ccccc2c1N=C(N)c1cc(-c2ccc(-c3ccc4ccccc4c3)cc2)c2c(c1)sc1ccccc12. The molecule has 262 valence electrons. The van der Waals surface area contributed by atoms with Crippen LogP contribution in [0.2, 0.25) is 0 Å². The van der Waals surface area contributed by atoms with Gasteiger partial charge in [0.1, 0.15) is 5.84 Å². The number of aliphatic imine (C=N–C) groups is 1. The smallest absolute Gasteiger partial charge is 0.131 e. The van der Waals surface area contributed by atoms with Gasteiger partial charge in [-0.25, -0.2) is 4.99 Å². The van der Waals surface area contributed by atoms with Crippen molar-refractivity contribution in [1.29, 1.82) is 0 Å². The first-order valence-corrected chi connectivity index (χ1v) is 20.3. The number of nitrogens with two attached hydrogens (primary N) is 1. The quantitative estimate of drug-likeness (QED) is 0.128. The third-order valence-corrected chi connectivity index (χ3v) is 13.3. The Balaban J connectivity index is 1.07. The minimum absolute atomic E-state index is 0.135. The highest BCUT2D eigenvalue weighted by Gasteiger charge is 2.21. The highest BCUT2D eigenvalue weighted by atomic mass is 32.1. The molecular formula is C51H36N2S2. The van der Waals surface area contributed by atoms with Crippen LogP contribution >= 0.6 is 22.7 Å². The van der Waals surface area contributed by atoms with E-state index in [0.717, 1.165) is 27.8 Å². The molecule has 0 aliphatic carbocycles. The normalized spacial score (nSPS) is 12.6. The number of hydrogen-bond acceptors (Lipinski definition) is 3. The monoisotopic (exact) mass is 740 g/mol. The number of benzene rings is 8. The average molecular weight is 741 g/mol. The van der Waals surface area contributed by atoms with Crippen LogP contribution in [-0.4, -0.2) is 5.84 Å². The summed E-state index contributed by atoms with van der Waals surface area (Å²) in [5, 5.41) is 6.14. The molecule has 2 nitrogen and oxygen atoms in total. The highest BCUT2D eigenvalue weighted by molar-refractivity contribution is 7.26. The van der Waals surface area contributed by atoms with Gasteiger partial charge >= 0.3 is 0 Å². The van der Waals surface area contributed by atoms with E-state index in [1.807, 2.05) is 22.7 Å². The molecular weight excluding hydrogens is 705 g/mol. The summed E-state index contributed by atoms with van der Waals surface area (Å²) in [6.45, 7) is 2.28. The van der Waals surface area contributed by atoms with Gasteiger partial charge in [-0.15, -0.1) is 22.7 Å². The Bertz CT molecular complexity index is 3040. The Hall–Kier alpha value is -6.33. The number of hydrogen-bond donors (Lipinski definition) is 1. The van der Waals surface area contributed by atoms with Crippen molar-refractivity contribution in [3.05, 3.63) is 198 Å². The van der Waals surface area contributed by atoms with Crippen molar-refractivity contribution >= 4 is 75.2 Å². The number of amidine groups is 1. The average Bonchev–Trinajstić information content (AvgIpc) is 3.81. The molecule has 0 bridgehead atoms. The zero-order valence-corrected chi connectivity index (χ0v) is 31.9. The van der Waals surface area contributed by atoms with Crippen molar-refractivity contribution < 1.29 is 0 Å². The summed E-state index contributed by atoms with van der Waals surface area (Å²) in [5.74, 6) is 0.653. The number of fused-ring (bicyclic) bond motifs is 5. The van der Waals surface area contributed by atoms with E-state index < -0.39 is 0 Å². The fourth-order valence-electron chi connectivity index (χ4n) is 7.83. The predicted octanol–water partition coefficient (Wildman–Crippen LogP) is 14.6. The fourth-order valence-corrected chi connectivity index (χ4v) is 10.2. The van der Waals surface area contributed by atoms with E-state index in [-0.39, 0.29) is 5.92 Å². The van der Waals surface area contributed by atoms with Gasteiger partial charge in [0.2, 0.25) is 0 Å². The zero-order valence-electron chi connectivity index (χ0n) is 30.2. The molecule has 4 heteroatoms. The molecule has 0 aliphatic rings.